The molecule has 1 aromatic carbocycles. The summed E-state index contributed by atoms with van der Waals surface area (Å²) in [6.45, 7) is 5.76. The Kier molecular flexibility index (Phi) is 5.17. The summed E-state index contributed by atoms with van der Waals surface area (Å²) in [4.78, 5) is 15.7. The summed E-state index contributed by atoms with van der Waals surface area (Å²) >= 11 is 5.77. The summed E-state index contributed by atoms with van der Waals surface area (Å²) in [6.07, 6.45) is 0.786. The highest BCUT2D eigenvalue weighted by Gasteiger charge is 2.09. The Labute approximate surface area is 124 Å². The number of carbonyl (C=O) groups is 1. The van der Waals surface area contributed by atoms with Crippen LogP contribution in [0.15, 0.2) is 24.3 Å². The van der Waals surface area contributed by atoms with Gasteiger partial charge in [0.25, 0.3) is 0 Å². The van der Waals surface area contributed by atoms with Crippen LogP contribution in [0.4, 0.5) is 0 Å². The zero-order chi connectivity index (χ0) is 14.5. The van der Waals surface area contributed by atoms with Gasteiger partial charge >= 0.3 is 0 Å². The first-order chi connectivity index (χ1) is 9.58. The first-order valence-corrected chi connectivity index (χ1v) is 7.11. The Balaban J connectivity index is 0.000000160. The third-order valence-electron chi connectivity index (χ3n) is 3.30. The number of benzene rings is 1. The molecule has 4 nitrogen and oxygen atoms in total. The van der Waals surface area contributed by atoms with Crippen molar-refractivity contribution in [3.8, 4) is 0 Å². The molecule has 20 heavy (non-hydrogen) atoms. The monoisotopic (exact) mass is 293 g/mol. The summed E-state index contributed by atoms with van der Waals surface area (Å²) in [6, 6.07) is 7.92. The fourth-order valence-corrected chi connectivity index (χ4v) is 2.50. The van der Waals surface area contributed by atoms with E-state index < -0.39 is 0 Å². The van der Waals surface area contributed by atoms with Crippen molar-refractivity contribution in [3.63, 3.8) is 0 Å². The smallest absolute Gasteiger partial charge is 0.166 e. The number of likely N-dealkylation sites (N-methyl/N-ethyl adjacent to an activating group) is 1. The van der Waals surface area contributed by atoms with Gasteiger partial charge < -0.3 is 15.2 Å². The van der Waals surface area contributed by atoms with Gasteiger partial charge in [-0.3, -0.25) is 4.79 Å². The van der Waals surface area contributed by atoms with Crippen molar-refractivity contribution in [2.45, 2.75) is 13.0 Å². The van der Waals surface area contributed by atoms with Gasteiger partial charge in [-0.2, -0.15) is 0 Å². The number of rotatable bonds is 1. The van der Waals surface area contributed by atoms with Gasteiger partial charge in [0.05, 0.1) is 5.69 Å². The topological polar surface area (TPSA) is 48.1 Å². The molecule has 0 bridgehead atoms. The summed E-state index contributed by atoms with van der Waals surface area (Å²) in [5.74, 6) is 0. The van der Waals surface area contributed by atoms with E-state index in [4.69, 9.17) is 11.6 Å². The first kappa shape index (κ1) is 15.0. The predicted molar refractivity (Wildman–Crippen MR) is 83.7 cm³/mol. The second-order valence-corrected chi connectivity index (χ2v) is 5.63. The number of aromatic amines is 1. The van der Waals surface area contributed by atoms with Crippen LogP contribution >= 0.6 is 11.6 Å². The molecule has 0 spiro atoms. The van der Waals surface area contributed by atoms with Crippen molar-refractivity contribution in [1.29, 1.82) is 0 Å². The predicted octanol–water partition coefficient (Wildman–Crippen LogP) is 2.54. The zero-order valence-electron chi connectivity index (χ0n) is 11.8. The lowest BCUT2D eigenvalue weighted by molar-refractivity contribution is 0.112. The fraction of sp³-hybridized carbons (Fsp3) is 0.400. The third kappa shape index (κ3) is 4.07. The minimum atomic E-state index is 0.576. The molecule has 1 atom stereocenters. The molecule has 2 N–H and O–H groups in total. The van der Waals surface area contributed by atoms with Gasteiger partial charge in [-0.25, -0.2) is 0 Å². The number of piperazine rings is 1. The SMILES string of the molecule is CC1CN(C)CCN1.O=Cc1cc2cc(Cl)ccc2[nH]1. The molecule has 1 aliphatic heterocycles. The van der Waals surface area contributed by atoms with Crippen LogP contribution in [0.1, 0.15) is 17.4 Å². The molecule has 1 aliphatic rings. The van der Waals surface area contributed by atoms with E-state index in [1.54, 1.807) is 12.1 Å². The molecule has 0 saturated carbocycles. The molecule has 0 radical (unpaired) electrons. The lowest BCUT2D eigenvalue weighted by Crippen LogP contribution is -2.47. The molecule has 2 heterocycles. The molecule has 1 unspecified atom stereocenters. The van der Waals surface area contributed by atoms with Crippen LogP contribution in [0.5, 0.6) is 0 Å². The van der Waals surface area contributed by atoms with E-state index >= 15 is 0 Å². The number of halogens is 1. The Morgan fingerprint density at radius 2 is 2.20 bits per heavy atom. The number of nitrogens with zero attached hydrogens (tertiary/aromatic N) is 1. The van der Waals surface area contributed by atoms with Crippen LogP contribution in [0, 0.1) is 0 Å². The summed E-state index contributed by atoms with van der Waals surface area (Å²) in [7, 11) is 2.16. The highest BCUT2D eigenvalue weighted by molar-refractivity contribution is 6.31. The van der Waals surface area contributed by atoms with E-state index in [0.29, 0.717) is 16.8 Å². The maximum absolute atomic E-state index is 10.4. The highest BCUT2D eigenvalue weighted by Crippen LogP contribution is 2.19. The minimum absolute atomic E-state index is 0.576. The lowest BCUT2D eigenvalue weighted by Gasteiger charge is -2.28. The van der Waals surface area contributed by atoms with E-state index in [-0.39, 0.29) is 0 Å². The first-order valence-electron chi connectivity index (χ1n) is 6.74. The highest BCUT2D eigenvalue weighted by atomic mass is 35.5. The third-order valence-corrected chi connectivity index (χ3v) is 3.54. The number of nitrogens with one attached hydrogen (secondary N) is 2. The van der Waals surface area contributed by atoms with Crippen LogP contribution in [0.3, 0.4) is 0 Å². The molecule has 2 aromatic rings. The Hall–Kier alpha value is -1.36. The Bertz CT molecular complexity index is 574. The van der Waals surface area contributed by atoms with Crippen LogP contribution in [-0.4, -0.2) is 48.9 Å². The average molecular weight is 294 g/mol. The molecule has 0 aliphatic carbocycles. The van der Waals surface area contributed by atoms with Gasteiger partial charge in [-0.05, 0) is 38.2 Å². The van der Waals surface area contributed by atoms with Gasteiger partial charge in [-0.1, -0.05) is 11.6 Å². The largest absolute Gasteiger partial charge is 0.352 e. The lowest BCUT2D eigenvalue weighted by atomic mass is 10.2. The van der Waals surface area contributed by atoms with Crippen molar-refractivity contribution >= 4 is 28.8 Å². The van der Waals surface area contributed by atoms with E-state index in [1.165, 1.54) is 13.1 Å². The van der Waals surface area contributed by atoms with E-state index in [9.17, 15) is 4.79 Å². The van der Waals surface area contributed by atoms with Crippen LogP contribution in [0.25, 0.3) is 10.9 Å². The molecule has 5 heteroatoms. The van der Waals surface area contributed by atoms with Crippen molar-refractivity contribution < 1.29 is 4.79 Å². The number of aromatic nitrogens is 1. The maximum atomic E-state index is 10.4. The quantitative estimate of drug-likeness (QED) is 0.795. The summed E-state index contributed by atoms with van der Waals surface area (Å²) in [5, 5.41) is 5.01. The van der Waals surface area contributed by atoms with Crippen LogP contribution in [0.2, 0.25) is 5.02 Å². The van der Waals surface area contributed by atoms with Crippen LogP contribution in [-0.2, 0) is 0 Å². The van der Waals surface area contributed by atoms with Gasteiger partial charge in [-0.15, -0.1) is 0 Å². The van der Waals surface area contributed by atoms with E-state index in [0.717, 1.165) is 23.7 Å². The van der Waals surface area contributed by atoms with Crippen molar-refractivity contribution in [2.24, 2.45) is 0 Å². The van der Waals surface area contributed by atoms with Crippen LogP contribution < -0.4 is 5.32 Å². The number of hydrogen-bond donors (Lipinski definition) is 2. The molecular weight excluding hydrogens is 274 g/mol. The zero-order valence-corrected chi connectivity index (χ0v) is 12.6. The molecule has 1 fully saturated rings. The molecule has 1 saturated heterocycles. The summed E-state index contributed by atoms with van der Waals surface area (Å²) in [5.41, 5.74) is 1.51. The second kappa shape index (κ2) is 6.88. The number of aldehydes is 1. The van der Waals surface area contributed by atoms with Gasteiger partial charge in [0.1, 0.15) is 0 Å². The number of carbonyl (C=O) groups excluding carboxylic acids is 1. The second-order valence-electron chi connectivity index (χ2n) is 5.19. The van der Waals surface area contributed by atoms with Gasteiger partial charge in [0, 0.05) is 41.6 Å². The van der Waals surface area contributed by atoms with Crippen molar-refractivity contribution in [2.75, 3.05) is 26.7 Å². The molecule has 108 valence electrons. The molecular formula is C15H20ClN3O. The fourth-order valence-electron chi connectivity index (χ4n) is 2.31. The average Bonchev–Trinajstić information content (AvgIpc) is 2.81. The van der Waals surface area contributed by atoms with Gasteiger partial charge in [0.15, 0.2) is 6.29 Å². The molecule has 3 rings (SSSR count). The normalized spacial score (nSPS) is 19.4. The van der Waals surface area contributed by atoms with E-state index in [2.05, 4.69) is 29.2 Å². The van der Waals surface area contributed by atoms with Crippen molar-refractivity contribution in [3.05, 3.63) is 35.0 Å². The number of fused-ring (bicyclic) bond motifs is 1. The van der Waals surface area contributed by atoms with Crippen molar-refractivity contribution in [1.82, 2.24) is 15.2 Å². The Morgan fingerprint density at radius 1 is 1.40 bits per heavy atom. The van der Waals surface area contributed by atoms with E-state index in [1.807, 2.05) is 12.1 Å². The van der Waals surface area contributed by atoms with Gasteiger partial charge in [0.2, 0.25) is 0 Å². The Morgan fingerprint density at radius 3 is 2.80 bits per heavy atom. The number of hydrogen-bond acceptors (Lipinski definition) is 3. The standard InChI is InChI=1S/C9H6ClNO.C6H14N2/c10-7-1-2-9-6(3-7)4-8(5-12)11-9;1-6-5-8(2)4-3-7-6/h1-5,11H;6-7H,3-5H2,1-2H3. The summed E-state index contributed by atoms with van der Waals surface area (Å²) < 4.78 is 0. The maximum Gasteiger partial charge on any atom is 0.166 e. The molecule has 1 aromatic heterocycles. The molecule has 0 amide bonds. The number of H-pyrrole nitrogens is 1. The minimum Gasteiger partial charge on any atom is -0.352 e.